The lowest BCUT2D eigenvalue weighted by atomic mass is 9.96. The molecule has 10 nitrogen and oxygen atoms in total. The van der Waals surface area contributed by atoms with E-state index in [1.54, 1.807) is 6.07 Å². The molecule has 1 heterocycles. The molecule has 1 aliphatic rings. The zero-order valence-corrected chi connectivity index (χ0v) is 27.2. The van der Waals surface area contributed by atoms with Gasteiger partial charge in [0.05, 0.1) is 34.6 Å². The number of benzene rings is 2. The van der Waals surface area contributed by atoms with Gasteiger partial charge in [0.15, 0.2) is 0 Å². The number of nitriles is 1. The van der Waals surface area contributed by atoms with E-state index in [1.165, 1.54) is 19.2 Å². The fourth-order valence-electron chi connectivity index (χ4n) is 4.74. The Morgan fingerprint density at radius 3 is 2.62 bits per heavy atom. The van der Waals surface area contributed by atoms with Gasteiger partial charge >= 0.3 is 5.97 Å². The number of hydrogen-bond donors (Lipinski definition) is 2. The Balaban J connectivity index is 1.79. The lowest BCUT2D eigenvalue weighted by Gasteiger charge is -2.39. The fraction of sp³-hybridized carbons (Fsp3) is 0.517. The molecule has 0 unspecified atom stereocenters. The van der Waals surface area contributed by atoms with Crippen molar-refractivity contribution in [2.45, 2.75) is 68.7 Å². The number of anilines is 2. The molecule has 0 bridgehead atoms. The predicted octanol–water partition coefficient (Wildman–Crippen LogP) is 5.97. The number of phenols is 1. The molecule has 0 amide bonds. The summed E-state index contributed by atoms with van der Waals surface area (Å²) in [6.45, 7) is 9.09. The first kappa shape index (κ1) is 33.7. The Morgan fingerprint density at radius 1 is 1.19 bits per heavy atom. The van der Waals surface area contributed by atoms with Gasteiger partial charge in [0.2, 0.25) is 0 Å². The summed E-state index contributed by atoms with van der Waals surface area (Å²) in [6, 6.07) is 9.60. The molecule has 2 N–H and O–H groups in total. The number of halogens is 1. The number of aromatic hydroxyl groups is 1. The average molecular weight is 638 g/mol. The van der Waals surface area contributed by atoms with Gasteiger partial charge in [-0.1, -0.05) is 31.2 Å². The summed E-state index contributed by atoms with van der Waals surface area (Å²) >= 11 is 6.42. The summed E-state index contributed by atoms with van der Waals surface area (Å²) in [7, 11) is -4.35. The summed E-state index contributed by atoms with van der Waals surface area (Å²) in [4.78, 5) is 13.6. The van der Waals surface area contributed by atoms with Gasteiger partial charge in [0, 0.05) is 33.9 Å². The zero-order valence-electron chi connectivity index (χ0n) is 24.6. The van der Waals surface area contributed by atoms with Crippen LogP contribution in [0.15, 0.2) is 35.2 Å². The van der Waals surface area contributed by atoms with E-state index in [2.05, 4.69) is 34.0 Å². The van der Waals surface area contributed by atoms with Crippen LogP contribution in [-0.2, 0) is 24.2 Å². The maximum Gasteiger partial charge on any atom is 0.337 e. The molecule has 1 fully saturated rings. The molecule has 1 atom stereocenters. The quantitative estimate of drug-likeness (QED) is 0.111. The average Bonchev–Trinajstić information content (AvgIpc) is 2.94. The van der Waals surface area contributed by atoms with Gasteiger partial charge in [0.1, 0.15) is 23.5 Å². The van der Waals surface area contributed by atoms with Crippen molar-refractivity contribution in [3.05, 3.63) is 46.5 Å². The van der Waals surface area contributed by atoms with Gasteiger partial charge in [-0.2, -0.15) is 5.26 Å². The van der Waals surface area contributed by atoms with E-state index in [1.807, 2.05) is 6.07 Å². The van der Waals surface area contributed by atoms with E-state index in [4.69, 9.17) is 21.1 Å². The number of carbonyl (C=O) groups is 1. The van der Waals surface area contributed by atoms with Crippen LogP contribution in [0.1, 0.15) is 48.0 Å². The third-order valence-corrected chi connectivity index (χ3v) is 10.5. The van der Waals surface area contributed by atoms with Crippen LogP contribution in [0.4, 0.5) is 11.4 Å². The standard InChI is InChI=1S/C29H40ClN3O7SSi/c1-38-29(35)21-10-11-27(34)28(17-21)41(36,37)32-25-16-22(19-31)24(30)18-26(25)33-12-6-5-8-23(33)9-7-13-39-20-40-14-15-42(2,3)4/h10-11,16-18,23,32,34H,5-9,12-15,20H2,1-4H3/t23-/m0/s1. The molecule has 3 rings (SSSR count). The highest BCUT2D eigenvalue weighted by Crippen LogP contribution is 2.38. The first-order valence-electron chi connectivity index (χ1n) is 14.0. The van der Waals surface area contributed by atoms with E-state index in [-0.39, 0.29) is 34.7 Å². The second kappa shape index (κ2) is 15.1. The first-order valence-corrected chi connectivity index (χ1v) is 19.5. The molecule has 42 heavy (non-hydrogen) atoms. The Bertz CT molecular complexity index is 1390. The number of nitrogens with zero attached hydrogens (tertiary/aromatic N) is 2. The number of sulfonamides is 1. The highest BCUT2D eigenvalue weighted by molar-refractivity contribution is 7.92. The van der Waals surface area contributed by atoms with Crippen molar-refractivity contribution in [2.75, 3.05) is 43.3 Å². The van der Waals surface area contributed by atoms with E-state index < -0.39 is 34.7 Å². The van der Waals surface area contributed by atoms with Gasteiger partial charge in [-0.15, -0.1) is 0 Å². The van der Waals surface area contributed by atoms with Gasteiger partial charge in [-0.25, -0.2) is 13.2 Å². The molecule has 0 radical (unpaired) electrons. The molecular formula is C29H40ClN3O7SSi. The zero-order chi connectivity index (χ0) is 30.9. The van der Waals surface area contributed by atoms with Crippen molar-refractivity contribution in [2.24, 2.45) is 0 Å². The number of esters is 1. The van der Waals surface area contributed by atoms with Crippen molar-refractivity contribution >= 4 is 47.0 Å². The molecule has 0 aromatic heterocycles. The number of piperidine rings is 1. The Labute approximate surface area is 254 Å². The van der Waals surface area contributed by atoms with Crippen LogP contribution in [0.3, 0.4) is 0 Å². The number of rotatable bonds is 14. The molecule has 2 aromatic rings. The number of nitrogens with one attached hydrogen (secondary N) is 1. The highest BCUT2D eigenvalue weighted by Gasteiger charge is 2.28. The van der Waals surface area contributed by atoms with E-state index >= 15 is 0 Å². The Hall–Kier alpha value is -2.82. The van der Waals surface area contributed by atoms with E-state index in [0.29, 0.717) is 25.4 Å². The van der Waals surface area contributed by atoms with Crippen molar-refractivity contribution < 1.29 is 32.5 Å². The summed E-state index contributed by atoms with van der Waals surface area (Å²) < 4.78 is 45.5. The minimum atomic E-state index is -4.38. The number of phenolic OH excluding ortho intramolecular Hbond substituents is 1. The van der Waals surface area contributed by atoms with Crippen molar-refractivity contribution in [3.8, 4) is 11.8 Å². The molecular weight excluding hydrogens is 598 g/mol. The second-order valence-electron chi connectivity index (χ2n) is 11.5. The maximum atomic E-state index is 13.5. The molecule has 230 valence electrons. The summed E-state index contributed by atoms with van der Waals surface area (Å²) in [5.74, 6) is -1.28. The molecule has 1 aliphatic heterocycles. The van der Waals surface area contributed by atoms with Crippen LogP contribution < -0.4 is 9.62 Å². The Morgan fingerprint density at radius 2 is 1.93 bits per heavy atom. The third kappa shape index (κ3) is 9.34. The molecule has 0 aliphatic carbocycles. The van der Waals surface area contributed by atoms with E-state index in [0.717, 1.165) is 50.3 Å². The van der Waals surface area contributed by atoms with Crippen LogP contribution >= 0.6 is 11.6 Å². The van der Waals surface area contributed by atoms with Crippen molar-refractivity contribution in [1.29, 1.82) is 5.26 Å². The van der Waals surface area contributed by atoms with E-state index in [9.17, 15) is 23.6 Å². The highest BCUT2D eigenvalue weighted by atomic mass is 35.5. The minimum Gasteiger partial charge on any atom is -0.507 e. The lowest BCUT2D eigenvalue weighted by molar-refractivity contribution is -0.0506. The largest absolute Gasteiger partial charge is 0.507 e. The van der Waals surface area contributed by atoms with Crippen LogP contribution in [0.25, 0.3) is 0 Å². The maximum absolute atomic E-state index is 13.5. The number of methoxy groups -OCH3 is 1. The molecule has 2 aromatic carbocycles. The second-order valence-corrected chi connectivity index (χ2v) is 19.2. The van der Waals surface area contributed by atoms with Gasteiger partial charge in [0.25, 0.3) is 10.0 Å². The van der Waals surface area contributed by atoms with Gasteiger partial charge < -0.3 is 24.2 Å². The molecule has 13 heteroatoms. The van der Waals surface area contributed by atoms with Crippen LogP contribution in [0.5, 0.6) is 5.75 Å². The van der Waals surface area contributed by atoms with Crippen LogP contribution in [-0.4, -0.2) is 67.3 Å². The monoisotopic (exact) mass is 637 g/mol. The van der Waals surface area contributed by atoms with Crippen LogP contribution in [0, 0.1) is 11.3 Å². The molecule has 0 spiro atoms. The Kier molecular flexibility index (Phi) is 12.1. The number of carbonyl (C=O) groups excluding carboxylic acids is 1. The van der Waals surface area contributed by atoms with Gasteiger partial charge in [-0.3, -0.25) is 4.72 Å². The first-order chi connectivity index (χ1) is 19.9. The normalized spacial score (nSPS) is 15.7. The van der Waals surface area contributed by atoms with Crippen molar-refractivity contribution in [1.82, 2.24) is 0 Å². The summed E-state index contributed by atoms with van der Waals surface area (Å²) in [5.41, 5.74) is 0.746. The third-order valence-electron chi connectivity index (χ3n) is 7.05. The number of ether oxygens (including phenoxy) is 3. The number of hydrogen-bond acceptors (Lipinski definition) is 9. The lowest BCUT2D eigenvalue weighted by Crippen LogP contribution is -2.40. The molecule has 1 saturated heterocycles. The van der Waals surface area contributed by atoms with Gasteiger partial charge in [-0.05, 0) is 68.5 Å². The summed E-state index contributed by atoms with van der Waals surface area (Å²) in [6.07, 6.45) is 4.43. The topological polar surface area (TPSA) is 138 Å². The van der Waals surface area contributed by atoms with Crippen molar-refractivity contribution in [3.63, 3.8) is 0 Å². The molecule has 0 saturated carbocycles. The predicted molar refractivity (Wildman–Crippen MR) is 166 cm³/mol. The SMILES string of the molecule is COC(=O)c1ccc(O)c(S(=O)(=O)Nc2cc(C#N)c(Cl)cc2N2CCCC[C@H]2CCCOCOCC[Si](C)(C)C)c1. The smallest absolute Gasteiger partial charge is 0.337 e. The minimum absolute atomic E-state index is 0.0375. The summed E-state index contributed by atoms with van der Waals surface area (Å²) in [5, 5.41) is 20.2. The van der Waals surface area contributed by atoms with Crippen LogP contribution in [0.2, 0.25) is 30.7 Å². The fourth-order valence-corrected chi connectivity index (χ4v) is 6.88.